The van der Waals surface area contributed by atoms with Crippen molar-refractivity contribution >= 4 is 5.91 Å². The predicted molar refractivity (Wildman–Crippen MR) is 277 cm³/mol. The number of rotatable bonds is 49. The summed E-state index contributed by atoms with van der Waals surface area (Å²) < 4.78 is 11.3. The molecule has 1 saturated heterocycles. The topological polar surface area (TPSA) is 149 Å². The largest absolute Gasteiger partial charge is 0.394 e. The van der Waals surface area contributed by atoms with Crippen LogP contribution in [-0.4, -0.2) is 87.5 Å². The van der Waals surface area contributed by atoms with E-state index >= 15 is 0 Å². The molecule has 0 spiro atoms. The van der Waals surface area contributed by atoms with E-state index in [1.165, 1.54) is 218 Å². The van der Waals surface area contributed by atoms with E-state index in [9.17, 15) is 30.3 Å². The normalized spacial score (nSPS) is 19.9. The molecule has 0 radical (unpaired) electrons. The van der Waals surface area contributed by atoms with Gasteiger partial charge in [-0.15, -0.1) is 0 Å². The summed E-state index contributed by atoms with van der Waals surface area (Å²) in [6.45, 7) is 3.81. The van der Waals surface area contributed by atoms with Crippen molar-refractivity contribution in [2.24, 2.45) is 0 Å². The van der Waals surface area contributed by atoms with Gasteiger partial charge in [0.05, 0.1) is 25.4 Å². The molecule has 0 aromatic carbocycles. The van der Waals surface area contributed by atoms with Gasteiger partial charge >= 0.3 is 0 Å². The molecule has 1 rings (SSSR count). The summed E-state index contributed by atoms with van der Waals surface area (Å²) in [6.07, 6.45) is 52.4. The lowest BCUT2D eigenvalue weighted by Crippen LogP contribution is -2.60. The summed E-state index contributed by atoms with van der Waals surface area (Å²) in [5, 5.41) is 54.5. The maximum absolute atomic E-state index is 13.0. The second-order valence-corrected chi connectivity index (χ2v) is 20.1. The Morgan fingerprint density at radius 2 is 0.848 bits per heavy atom. The highest BCUT2D eigenvalue weighted by Gasteiger charge is 2.44. The molecule has 9 nitrogen and oxygen atoms in total. The van der Waals surface area contributed by atoms with Crippen molar-refractivity contribution in [1.82, 2.24) is 5.32 Å². The van der Waals surface area contributed by atoms with E-state index in [2.05, 4.69) is 31.3 Å². The molecule has 1 aliphatic heterocycles. The van der Waals surface area contributed by atoms with Crippen molar-refractivity contribution in [3.63, 3.8) is 0 Å². The molecule has 1 fully saturated rings. The number of amides is 1. The van der Waals surface area contributed by atoms with Crippen molar-refractivity contribution in [1.29, 1.82) is 0 Å². The number of carbonyl (C=O) groups excluding carboxylic acids is 1. The highest BCUT2D eigenvalue weighted by atomic mass is 16.7. The Morgan fingerprint density at radius 3 is 1.23 bits per heavy atom. The first-order valence-corrected chi connectivity index (χ1v) is 28.6. The third-order valence-corrected chi connectivity index (χ3v) is 13.8. The summed E-state index contributed by atoms with van der Waals surface area (Å²) in [5.74, 6) is -0.177. The molecule has 1 heterocycles. The molecule has 390 valence electrons. The lowest BCUT2D eigenvalue weighted by molar-refractivity contribution is -0.302. The van der Waals surface area contributed by atoms with E-state index < -0.39 is 49.5 Å². The lowest BCUT2D eigenvalue weighted by atomic mass is 9.99. The van der Waals surface area contributed by atoms with Crippen molar-refractivity contribution in [2.75, 3.05) is 13.2 Å². The minimum Gasteiger partial charge on any atom is -0.394 e. The molecule has 7 unspecified atom stereocenters. The zero-order valence-electron chi connectivity index (χ0n) is 43.2. The van der Waals surface area contributed by atoms with Crippen molar-refractivity contribution in [3.8, 4) is 0 Å². The average molecular weight is 936 g/mol. The van der Waals surface area contributed by atoms with Crippen LogP contribution >= 0.6 is 0 Å². The summed E-state index contributed by atoms with van der Waals surface area (Å²) >= 11 is 0. The number of unbranched alkanes of at least 4 members (excludes halogenated alkanes) is 37. The maximum Gasteiger partial charge on any atom is 0.220 e. The molecule has 9 heteroatoms. The summed E-state index contributed by atoms with van der Waals surface area (Å²) in [4.78, 5) is 13.0. The molecule has 7 atom stereocenters. The van der Waals surface area contributed by atoms with E-state index in [0.717, 1.165) is 38.5 Å². The van der Waals surface area contributed by atoms with E-state index in [0.29, 0.717) is 6.42 Å². The predicted octanol–water partition coefficient (Wildman–Crippen LogP) is 13.8. The van der Waals surface area contributed by atoms with Gasteiger partial charge in [-0.05, 0) is 44.9 Å². The third kappa shape index (κ3) is 36.6. The minimum atomic E-state index is -1.57. The van der Waals surface area contributed by atoms with Gasteiger partial charge in [0.25, 0.3) is 0 Å². The number of hydrogen-bond acceptors (Lipinski definition) is 8. The Morgan fingerprint density at radius 1 is 0.500 bits per heavy atom. The molecule has 1 amide bonds. The molecule has 0 aromatic rings. The van der Waals surface area contributed by atoms with Crippen LogP contribution in [-0.2, 0) is 14.3 Å². The lowest BCUT2D eigenvalue weighted by Gasteiger charge is -2.40. The van der Waals surface area contributed by atoms with Gasteiger partial charge in [0, 0.05) is 6.42 Å². The number of aliphatic hydroxyl groups excluding tert-OH is 5. The molecule has 1 aliphatic rings. The van der Waals surface area contributed by atoms with Gasteiger partial charge in [-0.2, -0.15) is 0 Å². The fourth-order valence-electron chi connectivity index (χ4n) is 9.21. The van der Waals surface area contributed by atoms with E-state index in [4.69, 9.17) is 9.47 Å². The van der Waals surface area contributed by atoms with Crippen LogP contribution in [0.2, 0.25) is 0 Å². The molecule has 0 aliphatic carbocycles. The van der Waals surface area contributed by atoms with Crippen LogP contribution in [0, 0.1) is 0 Å². The SMILES string of the molecule is CCCCCCCCCCCCCC/C=C\CCCCCCCCCC(=O)NC(COC1OC(CO)C(O)C(O)C1O)C(O)/C=C/CCCCCCCCCCCCCCCCCCCC. The first-order valence-electron chi connectivity index (χ1n) is 28.6. The number of hydrogen-bond donors (Lipinski definition) is 6. The Kier molecular flexibility index (Phi) is 45.0. The molecular formula is C57H109NO8. The van der Waals surface area contributed by atoms with Gasteiger partial charge in [0.1, 0.15) is 24.4 Å². The second-order valence-electron chi connectivity index (χ2n) is 20.1. The first kappa shape index (κ1) is 62.7. The van der Waals surface area contributed by atoms with Crippen LogP contribution < -0.4 is 5.32 Å². The highest BCUT2D eigenvalue weighted by molar-refractivity contribution is 5.76. The van der Waals surface area contributed by atoms with Gasteiger partial charge < -0.3 is 40.3 Å². The third-order valence-electron chi connectivity index (χ3n) is 13.8. The van der Waals surface area contributed by atoms with Gasteiger partial charge in [-0.1, -0.05) is 250 Å². The number of nitrogens with one attached hydrogen (secondary N) is 1. The monoisotopic (exact) mass is 936 g/mol. The quantitative estimate of drug-likeness (QED) is 0.0261. The van der Waals surface area contributed by atoms with Crippen LogP contribution in [0.1, 0.15) is 277 Å². The van der Waals surface area contributed by atoms with Crippen LogP contribution in [0.4, 0.5) is 0 Å². The smallest absolute Gasteiger partial charge is 0.220 e. The van der Waals surface area contributed by atoms with Crippen molar-refractivity contribution in [2.45, 2.75) is 320 Å². The molecule has 0 bridgehead atoms. The van der Waals surface area contributed by atoms with E-state index in [1.54, 1.807) is 6.08 Å². The Hall–Kier alpha value is -1.33. The summed E-state index contributed by atoms with van der Waals surface area (Å²) in [6, 6.07) is -0.806. The maximum atomic E-state index is 13.0. The van der Waals surface area contributed by atoms with Crippen LogP contribution in [0.25, 0.3) is 0 Å². The van der Waals surface area contributed by atoms with Crippen LogP contribution in [0.15, 0.2) is 24.3 Å². The summed E-state index contributed by atoms with van der Waals surface area (Å²) in [5.41, 5.74) is 0. The zero-order valence-corrected chi connectivity index (χ0v) is 43.2. The molecule has 6 N–H and O–H groups in total. The zero-order chi connectivity index (χ0) is 48.0. The van der Waals surface area contributed by atoms with Crippen LogP contribution in [0.5, 0.6) is 0 Å². The minimum absolute atomic E-state index is 0.177. The van der Waals surface area contributed by atoms with Crippen molar-refractivity contribution < 1.29 is 39.8 Å². The number of aliphatic hydroxyl groups is 5. The first-order chi connectivity index (χ1) is 32.3. The van der Waals surface area contributed by atoms with E-state index in [-0.39, 0.29) is 12.5 Å². The Bertz CT molecular complexity index is 1090. The van der Waals surface area contributed by atoms with Crippen molar-refractivity contribution in [3.05, 3.63) is 24.3 Å². The van der Waals surface area contributed by atoms with E-state index in [1.807, 2.05) is 6.08 Å². The van der Waals surface area contributed by atoms with Gasteiger partial charge in [-0.3, -0.25) is 4.79 Å². The van der Waals surface area contributed by atoms with Gasteiger partial charge in [-0.25, -0.2) is 0 Å². The van der Waals surface area contributed by atoms with Crippen LogP contribution in [0.3, 0.4) is 0 Å². The van der Waals surface area contributed by atoms with Gasteiger partial charge in [0.2, 0.25) is 5.91 Å². The second kappa shape index (κ2) is 47.4. The Labute approximate surface area is 407 Å². The number of allylic oxidation sites excluding steroid dienone is 3. The molecular weight excluding hydrogens is 827 g/mol. The average Bonchev–Trinajstić information content (AvgIpc) is 3.32. The number of ether oxygens (including phenoxy) is 2. The molecule has 0 aromatic heterocycles. The fourth-order valence-corrected chi connectivity index (χ4v) is 9.21. The summed E-state index contributed by atoms with van der Waals surface area (Å²) in [7, 11) is 0. The molecule has 66 heavy (non-hydrogen) atoms. The Balaban J connectivity index is 2.24. The van der Waals surface area contributed by atoms with Gasteiger partial charge in [0.15, 0.2) is 6.29 Å². The highest BCUT2D eigenvalue weighted by Crippen LogP contribution is 2.23. The molecule has 0 saturated carbocycles. The number of carbonyl (C=O) groups is 1. The standard InChI is InChI=1S/C57H109NO8/c1-3-5-7-9-11-13-15-17-19-21-23-25-26-27-29-31-33-35-37-39-41-43-45-47-53(61)58-50(49-65-57-56(64)55(63)54(62)52(48-59)66-57)51(60)46-44-42-40-38-36-34-32-30-28-24-22-20-18-16-14-12-10-8-6-4-2/h27,29,44,46,50-52,54-57,59-60,62-64H,3-26,28,30-43,45,47-49H2,1-2H3,(H,58,61)/b29-27-,46-44+. The fraction of sp³-hybridized carbons (Fsp3) is 0.912.